The van der Waals surface area contributed by atoms with E-state index in [0.717, 1.165) is 13.0 Å². The van der Waals surface area contributed by atoms with Crippen molar-refractivity contribution >= 4 is 34.8 Å². The van der Waals surface area contributed by atoms with Gasteiger partial charge < -0.3 is 10.1 Å². The highest BCUT2D eigenvalue weighted by atomic mass is 35.5. The lowest BCUT2D eigenvalue weighted by atomic mass is 10.0. The molecule has 1 aromatic carbocycles. The Labute approximate surface area is 130 Å². The smallest absolute Gasteiger partial charge is 0.139 e. The van der Waals surface area contributed by atoms with Gasteiger partial charge in [0, 0.05) is 18.2 Å². The molecule has 0 aromatic heterocycles. The van der Waals surface area contributed by atoms with E-state index in [4.69, 9.17) is 39.5 Å². The summed E-state index contributed by atoms with van der Waals surface area (Å²) in [5.41, 5.74) is 0.0963. The normalized spacial score (nSPS) is 13.4. The third kappa shape index (κ3) is 5.39. The molecule has 0 aliphatic rings. The van der Waals surface area contributed by atoms with Crippen LogP contribution in [0.25, 0.3) is 0 Å². The first-order valence-corrected chi connectivity index (χ1v) is 7.45. The van der Waals surface area contributed by atoms with Gasteiger partial charge in [-0.05, 0) is 33.3 Å². The fraction of sp³-hybridized carbons (Fsp3) is 0.571. The summed E-state index contributed by atoms with van der Waals surface area (Å²) in [7, 11) is 0. The highest BCUT2D eigenvalue weighted by molar-refractivity contribution is 6.43. The Hall–Kier alpha value is -0.150. The maximum absolute atomic E-state index is 6.07. The molecule has 0 radical (unpaired) electrons. The Morgan fingerprint density at radius 2 is 1.74 bits per heavy atom. The fourth-order valence-corrected chi connectivity index (χ4v) is 1.98. The number of rotatable bonds is 6. The Bertz CT molecular complexity index is 435. The quantitative estimate of drug-likeness (QED) is 0.727. The molecule has 5 heteroatoms. The lowest BCUT2D eigenvalue weighted by Gasteiger charge is -2.27. The minimum absolute atomic E-state index is 0.0134. The fourth-order valence-electron chi connectivity index (χ4n) is 1.40. The molecule has 0 aliphatic carbocycles. The van der Waals surface area contributed by atoms with Gasteiger partial charge in [0.1, 0.15) is 11.9 Å². The summed E-state index contributed by atoms with van der Waals surface area (Å²) in [6.45, 7) is 9.18. The summed E-state index contributed by atoms with van der Waals surface area (Å²) in [5.74, 6) is 0.555. The summed E-state index contributed by atoms with van der Waals surface area (Å²) in [5, 5.41) is 4.78. The maximum atomic E-state index is 6.07. The molecular formula is C14H20Cl3NO. The number of ether oxygens (including phenoxy) is 1. The van der Waals surface area contributed by atoms with Crippen LogP contribution in [0.2, 0.25) is 15.1 Å². The van der Waals surface area contributed by atoms with Crippen LogP contribution in [0.3, 0.4) is 0 Å². The molecule has 2 nitrogen and oxygen atoms in total. The molecule has 1 unspecified atom stereocenters. The van der Waals surface area contributed by atoms with Crippen molar-refractivity contribution in [3.63, 3.8) is 0 Å². The largest absolute Gasteiger partial charge is 0.488 e. The molecule has 19 heavy (non-hydrogen) atoms. The molecular weight excluding hydrogens is 305 g/mol. The van der Waals surface area contributed by atoms with E-state index in [1.807, 2.05) is 6.92 Å². The molecule has 0 heterocycles. The van der Waals surface area contributed by atoms with Crippen molar-refractivity contribution in [1.29, 1.82) is 0 Å². The summed E-state index contributed by atoms with van der Waals surface area (Å²) < 4.78 is 5.78. The van der Waals surface area contributed by atoms with E-state index < -0.39 is 0 Å². The third-order valence-corrected chi connectivity index (χ3v) is 4.07. The van der Waals surface area contributed by atoms with Crippen LogP contribution >= 0.6 is 34.8 Å². The van der Waals surface area contributed by atoms with Crippen LogP contribution in [0.1, 0.15) is 34.1 Å². The standard InChI is InChI=1S/C14H20Cl3NO/c1-5-14(3,4)18-8-9(2)19-13-7-11(16)10(15)6-12(13)17/h6-7,9,18H,5,8H2,1-4H3. The van der Waals surface area contributed by atoms with Crippen LogP contribution in [-0.2, 0) is 0 Å². The van der Waals surface area contributed by atoms with E-state index in [-0.39, 0.29) is 11.6 Å². The molecule has 1 N–H and O–H groups in total. The van der Waals surface area contributed by atoms with Crippen molar-refractivity contribution in [3.05, 3.63) is 27.2 Å². The zero-order chi connectivity index (χ0) is 14.6. The van der Waals surface area contributed by atoms with E-state index in [1.54, 1.807) is 12.1 Å². The Kier molecular flexibility index (Phi) is 6.25. The monoisotopic (exact) mass is 323 g/mol. The molecule has 0 fully saturated rings. The highest BCUT2D eigenvalue weighted by Gasteiger charge is 2.16. The zero-order valence-electron chi connectivity index (χ0n) is 11.7. The number of halogens is 3. The minimum Gasteiger partial charge on any atom is -0.488 e. The van der Waals surface area contributed by atoms with Crippen molar-refractivity contribution in [2.75, 3.05) is 6.54 Å². The number of nitrogens with one attached hydrogen (secondary N) is 1. The Balaban J connectivity index is 2.62. The molecule has 1 atom stereocenters. The summed E-state index contributed by atoms with van der Waals surface area (Å²) in [6.07, 6.45) is 1.04. The molecule has 0 aliphatic heterocycles. The minimum atomic E-state index is -0.0134. The predicted octanol–water partition coefficient (Wildman–Crippen LogP) is 5.19. The van der Waals surface area contributed by atoms with Gasteiger partial charge in [-0.25, -0.2) is 0 Å². The van der Waals surface area contributed by atoms with Crippen molar-refractivity contribution in [1.82, 2.24) is 5.32 Å². The van der Waals surface area contributed by atoms with Gasteiger partial charge in [0.2, 0.25) is 0 Å². The second-order valence-corrected chi connectivity index (χ2v) is 6.47. The molecule has 108 valence electrons. The van der Waals surface area contributed by atoms with Crippen LogP contribution in [0, 0.1) is 0 Å². The summed E-state index contributed by atoms with van der Waals surface area (Å²) in [4.78, 5) is 0. The summed E-state index contributed by atoms with van der Waals surface area (Å²) in [6, 6.07) is 3.24. The molecule has 0 saturated heterocycles. The van der Waals surface area contributed by atoms with Crippen LogP contribution in [-0.4, -0.2) is 18.2 Å². The van der Waals surface area contributed by atoms with Gasteiger partial charge in [-0.2, -0.15) is 0 Å². The van der Waals surface area contributed by atoms with Gasteiger partial charge in [-0.1, -0.05) is 41.7 Å². The molecule has 0 saturated carbocycles. The van der Waals surface area contributed by atoms with Crippen molar-refractivity contribution in [2.45, 2.75) is 45.8 Å². The first-order valence-electron chi connectivity index (χ1n) is 6.31. The molecule has 0 spiro atoms. The maximum Gasteiger partial charge on any atom is 0.139 e. The molecule has 0 amide bonds. The van der Waals surface area contributed by atoms with Gasteiger partial charge in [-0.15, -0.1) is 0 Å². The average molecular weight is 325 g/mol. The first kappa shape index (κ1) is 16.9. The lowest BCUT2D eigenvalue weighted by molar-refractivity contribution is 0.199. The first-order chi connectivity index (χ1) is 8.75. The number of hydrogen-bond donors (Lipinski definition) is 1. The van der Waals surface area contributed by atoms with Gasteiger partial charge in [-0.3, -0.25) is 0 Å². The van der Waals surface area contributed by atoms with Crippen LogP contribution in [0.15, 0.2) is 12.1 Å². The van der Waals surface area contributed by atoms with Gasteiger partial charge >= 0.3 is 0 Å². The van der Waals surface area contributed by atoms with E-state index in [2.05, 4.69) is 26.1 Å². The van der Waals surface area contributed by atoms with Gasteiger partial charge in [0.05, 0.1) is 15.1 Å². The molecule has 1 aromatic rings. The average Bonchev–Trinajstić information content (AvgIpc) is 2.34. The number of benzene rings is 1. The topological polar surface area (TPSA) is 21.3 Å². The van der Waals surface area contributed by atoms with Gasteiger partial charge in [0.25, 0.3) is 0 Å². The Morgan fingerprint density at radius 1 is 1.16 bits per heavy atom. The second kappa shape index (κ2) is 7.03. The number of hydrogen-bond acceptors (Lipinski definition) is 2. The summed E-state index contributed by atoms with van der Waals surface area (Å²) >= 11 is 17.9. The van der Waals surface area contributed by atoms with E-state index in [1.165, 1.54) is 0 Å². The van der Waals surface area contributed by atoms with E-state index >= 15 is 0 Å². The van der Waals surface area contributed by atoms with Gasteiger partial charge in [0.15, 0.2) is 0 Å². The SMILES string of the molecule is CCC(C)(C)NCC(C)Oc1cc(Cl)c(Cl)cc1Cl. The zero-order valence-corrected chi connectivity index (χ0v) is 14.0. The highest BCUT2D eigenvalue weighted by Crippen LogP contribution is 2.34. The van der Waals surface area contributed by atoms with Crippen LogP contribution in [0.5, 0.6) is 5.75 Å². The third-order valence-electron chi connectivity index (χ3n) is 3.05. The Morgan fingerprint density at radius 3 is 2.32 bits per heavy atom. The van der Waals surface area contributed by atoms with Crippen LogP contribution in [0.4, 0.5) is 0 Å². The van der Waals surface area contributed by atoms with Crippen molar-refractivity contribution < 1.29 is 4.74 Å². The van der Waals surface area contributed by atoms with Crippen LogP contribution < -0.4 is 10.1 Å². The predicted molar refractivity (Wildman–Crippen MR) is 83.9 cm³/mol. The van der Waals surface area contributed by atoms with Crippen molar-refractivity contribution in [3.8, 4) is 5.75 Å². The lowest BCUT2D eigenvalue weighted by Crippen LogP contribution is -2.43. The van der Waals surface area contributed by atoms with Crippen molar-refractivity contribution in [2.24, 2.45) is 0 Å². The molecule has 1 rings (SSSR count). The molecule has 0 bridgehead atoms. The van der Waals surface area contributed by atoms with E-state index in [0.29, 0.717) is 20.8 Å². The second-order valence-electron chi connectivity index (χ2n) is 5.24. The van der Waals surface area contributed by atoms with E-state index in [9.17, 15) is 0 Å².